The summed E-state index contributed by atoms with van der Waals surface area (Å²) < 4.78 is 0. The number of H-pyrrole nitrogens is 1. The van der Waals surface area contributed by atoms with E-state index in [0.717, 1.165) is 24.2 Å². The quantitative estimate of drug-likeness (QED) is 0.695. The number of hydrogen-bond donors (Lipinski definition) is 3. The van der Waals surface area contributed by atoms with Crippen LogP contribution >= 0.6 is 0 Å². The number of anilines is 2. The number of aromatic nitrogens is 4. The average molecular weight is 250 g/mol. The van der Waals surface area contributed by atoms with Gasteiger partial charge in [-0.1, -0.05) is 6.92 Å². The number of nitrogens with zero attached hydrogens (tertiary/aromatic N) is 4. The van der Waals surface area contributed by atoms with E-state index in [1.54, 1.807) is 6.20 Å². The molecule has 2 aromatic rings. The molecule has 0 atom stereocenters. The van der Waals surface area contributed by atoms with Crippen LogP contribution in [-0.4, -0.2) is 52.0 Å². The lowest BCUT2D eigenvalue weighted by molar-refractivity contribution is 0.304. The molecule has 0 amide bonds. The van der Waals surface area contributed by atoms with Crippen LogP contribution in [0.3, 0.4) is 0 Å². The minimum Gasteiger partial charge on any atom is -0.395 e. The molecule has 0 unspecified atom stereocenters. The highest BCUT2D eigenvalue weighted by molar-refractivity contribution is 5.87. The molecule has 0 radical (unpaired) electrons. The van der Waals surface area contributed by atoms with Crippen LogP contribution in [0.1, 0.15) is 13.3 Å². The molecule has 98 valence electrons. The summed E-state index contributed by atoms with van der Waals surface area (Å²) in [5.41, 5.74) is 0.698. The van der Waals surface area contributed by atoms with Crippen molar-refractivity contribution in [2.24, 2.45) is 0 Å². The van der Waals surface area contributed by atoms with Crippen LogP contribution in [0.25, 0.3) is 11.0 Å². The van der Waals surface area contributed by atoms with Gasteiger partial charge in [0.1, 0.15) is 5.82 Å². The molecule has 18 heavy (non-hydrogen) atoms. The van der Waals surface area contributed by atoms with Crippen molar-refractivity contribution in [3.05, 3.63) is 6.20 Å². The first kappa shape index (κ1) is 12.6. The molecule has 0 aliphatic carbocycles. The smallest absolute Gasteiger partial charge is 0.226 e. The Bertz CT molecular complexity index is 511. The SMILES string of the molecule is CCCNc1nc(N(C)CCO)c2cn[nH]c2n1. The van der Waals surface area contributed by atoms with Crippen molar-refractivity contribution < 1.29 is 5.11 Å². The minimum absolute atomic E-state index is 0.0809. The second-order valence-corrected chi connectivity index (χ2v) is 4.08. The van der Waals surface area contributed by atoms with E-state index in [-0.39, 0.29) is 6.61 Å². The molecule has 2 aromatic heterocycles. The maximum Gasteiger partial charge on any atom is 0.226 e. The highest BCUT2D eigenvalue weighted by Crippen LogP contribution is 2.22. The molecular weight excluding hydrogens is 232 g/mol. The van der Waals surface area contributed by atoms with Gasteiger partial charge in [0.25, 0.3) is 0 Å². The Hall–Kier alpha value is -1.89. The van der Waals surface area contributed by atoms with Crippen molar-refractivity contribution in [3.63, 3.8) is 0 Å². The normalized spacial score (nSPS) is 10.8. The van der Waals surface area contributed by atoms with E-state index in [0.29, 0.717) is 18.1 Å². The first-order valence-corrected chi connectivity index (χ1v) is 6.03. The van der Waals surface area contributed by atoms with Crippen molar-refractivity contribution in [2.45, 2.75) is 13.3 Å². The third-order valence-corrected chi connectivity index (χ3v) is 2.62. The van der Waals surface area contributed by atoms with Gasteiger partial charge in [0.05, 0.1) is 18.2 Å². The lowest BCUT2D eigenvalue weighted by Crippen LogP contribution is -2.23. The number of likely N-dealkylation sites (N-methyl/N-ethyl adjacent to an activating group) is 1. The van der Waals surface area contributed by atoms with Crippen molar-refractivity contribution in [2.75, 3.05) is 37.0 Å². The predicted molar refractivity (Wildman–Crippen MR) is 70.8 cm³/mol. The molecule has 0 fully saturated rings. The first-order valence-electron chi connectivity index (χ1n) is 6.03. The van der Waals surface area contributed by atoms with Crippen molar-refractivity contribution in [1.29, 1.82) is 0 Å². The fraction of sp³-hybridized carbons (Fsp3) is 0.545. The largest absolute Gasteiger partial charge is 0.395 e. The van der Waals surface area contributed by atoms with Gasteiger partial charge in [-0.05, 0) is 6.42 Å². The third kappa shape index (κ3) is 2.51. The zero-order chi connectivity index (χ0) is 13.0. The van der Waals surface area contributed by atoms with Gasteiger partial charge in [0.2, 0.25) is 5.95 Å². The van der Waals surface area contributed by atoms with E-state index in [2.05, 4.69) is 32.4 Å². The van der Waals surface area contributed by atoms with Crippen LogP contribution in [0.2, 0.25) is 0 Å². The Morgan fingerprint density at radius 2 is 2.28 bits per heavy atom. The van der Waals surface area contributed by atoms with Gasteiger partial charge in [0.15, 0.2) is 5.65 Å². The van der Waals surface area contributed by atoms with E-state index in [4.69, 9.17) is 5.11 Å². The number of rotatable bonds is 6. The fourth-order valence-electron chi connectivity index (χ4n) is 1.68. The van der Waals surface area contributed by atoms with Gasteiger partial charge < -0.3 is 15.3 Å². The molecule has 0 spiro atoms. The second kappa shape index (κ2) is 5.63. The summed E-state index contributed by atoms with van der Waals surface area (Å²) >= 11 is 0. The van der Waals surface area contributed by atoms with Crippen LogP contribution in [0.4, 0.5) is 11.8 Å². The van der Waals surface area contributed by atoms with Crippen LogP contribution < -0.4 is 10.2 Å². The minimum atomic E-state index is 0.0809. The van der Waals surface area contributed by atoms with Crippen LogP contribution in [-0.2, 0) is 0 Å². The predicted octanol–water partition coefficient (Wildman–Crippen LogP) is 0.603. The molecule has 0 saturated carbocycles. The average Bonchev–Trinajstić information content (AvgIpc) is 2.83. The standard InChI is InChI=1S/C11H18N6O/c1-3-4-12-11-14-9-8(7-13-16-9)10(15-11)17(2)5-6-18/h7,18H,3-6H2,1-2H3,(H2,12,13,14,15,16). The monoisotopic (exact) mass is 250 g/mol. The summed E-state index contributed by atoms with van der Waals surface area (Å²) in [6.07, 6.45) is 2.70. The molecule has 0 bridgehead atoms. The van der Waals surface area contributed by atoms with E-state index >= 15 is 0 Å². The number of aromatic amines is 1. The number of hydrogen-bond acceptors (Lipinski definition) is 6. The van der Waals surface area contributed by atoms with Gasteiger partial charge in [-0.25, -0.2) is 0 Å². The molecule has 0 aliphatic heterocycles. The number of aliphatic hydroxyl groups is 1. The van der Waals surface area contributed by atoms with Crippen molar-refractivity contribution >= 4 is 22.8 Å². The zero-order valence-corrected chi connectivity index (χ0v) is 10.6. The summed E-state index contributed by atoms with van der Waals surface area (Å²) in [5.74, 6) is 1.34. The fourth-order valence-corrected chi connectivity index (χ4v) is 1.68. The van der Waals surface area contributed by atoms with Crippen LogP contribution in [0.5, 0.6) is 0 Å². The zero-order valence-electron chi connectivity index (χ0n) is 10.6. The number of aliphatic hydroxyl groups excluding tert-OH is 1. The van der Waals surface area contributed by atoms with Gasteiger partial charge in [-0.15, -0.1) is 0 Å². The molecule has 0 aliphatic rings. The lowest BCUT2D eigenvalue weighted by atomic mass is 10.3. The summed E-state index contributed by atoms with van der Waals surface area (Å²) in [7, 11) is 1.88. The Morgan fingerprint density at radius 3 is 3.00 bits per heavy atom. The van der Waals surface area contributed by atoms with Gasteiger partial charge in [-0.3, -0.25) is 5.10 Å². The summed E-state index contributed by atoms with van der Waals surface area (Å²) in [4.78, 5) is 10.7. The molecule has 7 heteroatoms. The lowest BCUT2D eigenvalue weighted by Gasteiger charge is -2.18. The van der Waals surface area contributed by atoms with Crippen molar-refractivity contribution in [1.82, 2.24) is 20.2 Å². The van der Waals surface area contributed by atoms with E-state index < -0.39 is 0 Å². The molecular formula is C11H18N6O. The molecule has 3 N–H and O–H groups in total. The van der Waals surface area contributed by atoms with Gasteiger partial charge in [0, 0.05) is 20.1 Å². The van der Waals surface area contributed by atoms with Crippen molar-refractivity contribution in [3.8, 4) is 0 Å². The number of fused-ring (bicyclic) bond motifs is 1. The topological polar surface area (TPSA) is 90.0 Å². The summed E-state index contributed by atoms with van der Waals surface area (Å²) in [5, 5.41) is 19.8. The highest BCUT2D eigenvalue weighted by Gasteiger charge is 2.12. The molecule has 0 aromatic carbocycles. The molecule has 7 nitrogen and oxygen atoms in total. The Kier molecular flexibility index (Phi) is 3.93. The van der Waals surface area contributed by atoms with Crippen LogP contribution in [0, 0.1) is 0 Å². The van der Waals surface area contributed by atoms with Gasteiger partial charge in [-0.2, -0.15) is 15.1 Å². The number of nitrogens with one attached hydrogen (secondary N) is 2. The summed E-state index contributed by atoms with van der Waals surface area (Å²) in [6.45, 7) is 3.51. The Balaban J connectivity index is 2.38. The maximum atomic E-state index is 9.01. The molecule has 2 heterocycles. The van der Waals surface area contributed by atoms with E-state index in [1.165, 1.54) is 0 Å². The Morgan fingerprint density at radius 1 is 1.44 bits per heavy atom. The molecule has 0 saturated heterocycles. The summed E-state index contributed by atoms with van der Waals surface area (Å²) in [6, 6.07) is 0. The van der Waals surface area contributed by atoms with Gasteiger partial charge >= 0.3 is 0 Å². The molecule has 2 rings (SSSR count). The maximum absolute atomic E-state index is 9.01. The first-order chi connectivity index (χ1) is 8.76. The van der Waals surface area contributed by atoms with E-state index in [1.807, 2.05) is 11.9 Å². The van der Waals surface area contributed by atoms with Crippen LogP contribution in [0.15, 0.2) is 6.20 Å². The third-order valence-electron chi connectivity index (χ3n) is 2.62. The van der Waals surface area contributed by atoms with E-state index in [9.17, 15) is 0 Å². The Labute approximate surface area is 105 Å². The highest BCUT2D eigenvalue weighted by atomic mass is 16.3. The second-order valence-electron chi connectivity index (χ2n) is 4.08.